The van der Waals surface area contributed by atoms with Crippen LogP contribution in [0.4, 0.5) is 14.5 Å². The third-order valence-electron chi connectivity index (χ3n) is 2.60. The molecule has 0 aliphatic rings. The highest BCUT2D eigenvalue weighted by Crippen LogP contribution is 2.21. The van der Waals surface area contributed by atoms with Gasteiger partial charge in [0.15, 0.2) is 0 Å². The summed E-state index contributed by atoms with van der Waals surface area (Å²) < 4.78 is 26.7. The molecule has 2 rings (SSSR count). The number of aromatic nitrogens is 1. The smallest absolute Gasteiger partial charge is 0.305 e. The van der Waals surface area contributed by atoms with Gasteiger partial charge in [0.1, 0.15) is 5.82 Å². The Balaban J connectivity index is 2.05. The van der Waals surface area contributed by atoms with Gasteiger partial charge in [-0.3, -0.25) is 10.1 Å². The first-order valence-corrected chi connectivity index (χ1v) is 6.59. The zero-order valence-electron chi connectivity index (χ0n) is 10.5. The van der Waals surface area contributed by atoms with Crippen LogP contribution < -0.4 is 5.32 Å². The molecular weight excluding hydrogens is 288 g/mol. The lowest BCUT2D eigenvalue weighted by Gasteiger charge is -2.05. The second-order valence-corrected chi connectivity index (χ2v) is 5.18. The van der Waals surface area contributed by atoms with Crippen LogP contribution in [0.1, 0.15) is 16.3 Å². The molecule has 106 valence electrons. The first-order valence-electron chi connectivity index (χ1n) is 5.71. The summed E-state index contributed by atoms with van der Waals surface area (Å²) >= 11 is 1.50. The van der Waals surface area contributed by atoms with Crippen LogP contribution in [-0.2, 0) is 13.1 Å². The van der Waals surface area contributed by atoms with Gasteiger partial charge < -0.3 is 5.32 Å². The number of hydrogen-bond acceptors (Lipinski definition) is 5. The van der Waals surface area contributed by atoms with Crippen molar-refractivity contribution in [1.82, 2.24) is 10.3 Å². The molecule has 0 unspecified atom stereocenters. The summed E-state index contributed by atoms with van der Waals surface area (Å²) in [4.78, 5) is 13.9. The van der Waals surface area contributed by atoms with Gasteiger partial charge in [0.05, 0.1) is 15.6 Å². The molecule has 0 spiro atoms. The molecule has 2 aromatic rings. The molecule has 20 heavy (non-hydrogen) atoms. The summed E-state index contributed by atoms with van der Waals surface area (Å²) in [5, 5.41) is 16.3. The fourth-order valence-electron chi connectivity index (χ4n) is 1.67. The molecule has 1 N–H and O–H groups in total. The summed E-state index contributed by atoms with van der Waals surface area (Å²) in [7, 11) is 0. The molecule has 0 amide bonds. The van der Waals surface area contributed by atoms with Crippen LogP contribution in [0.25, 0.3) is 0 Å². The molecule has 0 fully saturated rings. The standard InChI is InChI=1S/C12H11F2N3O2S/c1-7-16-9(6-20-7)5-15-4-8-2-12(17(18)19)11(14)3-10(8)13/h2-3,6,15H,4-5H2,1H3. The first-order chi connectivity index (χ1) is 9.47. The molecule has 0 aliphatic carbocycles. The Labute approximate surface area is 117 Å². The number of thiazole rings is 1. The highest BCUT2D eigenvalue weighted by Gasteiger charge is 2.18. The molecule has 0 atom stereocenters. The van der Waals surface area contributed by atoms with Gasteiger partial charge in [0, 0.05) is 36.2 Å². The maximum atomic E-state index is 13.5. The normalized spacial score (nSPS) is 10.8. The second kappa shape index (κ2) is 6.02. The van der Waals surface area contributed by atoms with E-state index in [-0.39, 0.29) is 12.1 Å². The van der Waals surface area contributed by atoms with Crippen LogP contribution in [0.3, 0.4) is 0 Å². The van der Waals surface area contributed by atoms with Gasteiger partial charge in [-0.15, -0.1) is 11.3 Å². The highest BCUT2D eigenvalue weighted by atomic mass is 32.1. The van der Waals surface area contributed by atoms with E-state index in [2.05, 4.69) is 10.3 Å². The molecule has 0 bridgehead atoms. The number of nitro groups is 1. The predicted octanol–water partition coefficient (Wildman–Crippen LogP) is 2.93. The molecule has 8 heteroatoms. The molecule has 0 saturated heterocycles. The first kappa shape index (κ1) is 14.5. The lowest BCUT2D eigenvalue weighted by Crippen LogP contribution is -2.14. The Morgan fingerprint density at radius 1 is 1.35 bits per heavy atom. The SMILES string of the molecule is Cc1nc(CNCc2cc([N+](=O)[O-])c(F)cc2F)cs1. The van der Waals surface area contributed by atoms with Gasteiger partial charge in [-0.2, -0.15) is 4.39 Å². The predicted molar refractivity (Wildman–Crippen MR) is 70.4 cm³/mol. The van der Waals surface area contributed by atoms with E-state index in [9.17, 15) is 18.9 Å². The molecule has 1 aromatic carbocycles. The number of rotatable bonds is 5. The van der Waals surface area contributed by atoms with Crippen molar-refractivity contribution in [2.45, 2.75) is 20.0 Å². The maximum Gasteiger partial charge on any atom is 0.305 e. The van der Waals surface area contributed by atoms with Crippen molar-refractivity contribution in [3.05, 3.63) is 55.5 Å². The minimum absolute atomic E-state index is 0.0463. The van der Waals surface area contributed by atoms with E-state index in [0.717, 1.165) is 16.8 Å². The summed E-state index contributed by atoms with van der Waals surface area (Å²) in [6.45, 7) is 2.34. The number of nitrogens with one attached hydrogen (secondary N) is 1. The van der Waals surface area contributed by atoms with E-state index in [0.29, 0.717) is 12.6 Å². The average Bonchev–Trinajstić information content (AvgIpc) is 2.77. The van der Waals surface area contributed by atoms with Crippen LogP contribution in [0, 0.1) is 28.7 Å². The molecular formula is C12H11F2N3O2S. The Hall–Kier alpha value is -1.93. The van der Waals surface area contributed by atoms with Crippen molar-refractivity contribution in [2.75, 3.05) is 0 Å². The van der Waals surface area contributed by atoms with Gasteiger partial charge in [0.25, 0.3) is 0 Å². The van der Waals surface area contributed by atoms with E-state index >= 15 is 0 Å². The molecule has 0 saturated carbocycles. The number of nitrogens with zero attached hydrogens (tertiary/aromatic N) is 2. The highest BCUT2D eigenvalue weighted by molar-refractivity contribution is 7.09. The van der Waals surface area contributed by atoms with Crippen molar-refractivity contribution >= 4 is 17.0 Å². The Morgan fingerprint density at radius 2 is 2.10 bits per heavy atom. The third kappa shape index (κ3) is 3.34. The largest absolute Gasteiger partial charge is 0.307 e. The Morgan fingerprint density at radius 3 is 2.70 bits per heavy atom. The Kier molecular flexibility index (Phi) is 4.35. The fraction of sp³-hybridized carbons (Fsp3) is 0.250. The van der Waals surface area contributed by atoms with Gasteiger partial charge in [0.2, 0.25) is 5.82 Å². The van der Waals surface area contributed by atoms with Crippen molar-refractivity contribution in [3.63, 3.8) is 0 Å². The second-order valence-electron chi connectivity index (χ2n) is 4.11. The van der Waals surface area contributed by atoms with Crippen molar-refractivity contribution in [2.24, 2.45) is 0 Å². The molecule has 0 aliphatic heterocycles. The quantitative estimate of drug-likeness (QED) is 0.681. The lowest BCUT2D eigenvalue weighted by atomic mass is 10.1. The van der Waals surface area contributed by atoms with Gasteiger partial charge in [-0.05, 0) is 6.92 Å². The zero-order chi connectivity index (χ0) is 14.7. The van der Waals surface area contributed by atoms with Crippen LogP contribution in [-0.4, -0.2) is 9.91 Å². The Bertz CT molecular complexity index is 646. The maximum absolute atomic E-state index is 13.5. The molecule has 0 radical (unpaired) electrons. The summed E-state index contributed by atoms with van der Waals surface area (Å²) in [6.07, 6.45) is 0. The summed E-state index contributed by atoms with van der Waals surface area (Å²) in [5.74, 6) is -1.98. The van der Waals surface area contributed by atoms with Crippen LogP contribution in [0.5, 0.6) is 0 Å². The van der Waals surface area contributed by atoms with Gasteiger partial charge >= 0.3 is 5.69 Å². The van der Waals surface area contributed by atoms with E-state index in [4.69, 9.17) is 0 Å². The number of aryl methyl sites for hydroxylation is 1. The fourth-order valence-corrected chi connectivity index (χ4v) is 2.28. The summed E-state index contributed by atoms with van der Waals surface area (Å²) in [5.41, 5.74) is 0.127. The number of halogens is 2. The number of hydrogen-bond donors (Lipinski definition) is 1. The average molecular weight is 299 g/mol. The van der Waals surface area contributed by atoms with Crippen molar-refractivity contribution < 1.29 is 13.7 Å². The van der Waals surface area contributed by atoms with Crippen LogP contribution in [0.15, 0.2) is 17.5 Å². The topological polar surface area (TPSA) is 68.1 Å². The van der Waals surface area contributed by atoms with E-state index in [1.807, 2.05) is 12.3 Å². The number of benzene rings is 1. The zero-order valence-corrected chi connectivity index (χ0v) is 11.3. The molecule has 1 aromatic heterocycles. The van der Waals surface area contributed by atoms with E-state index < -0.39 is 22.2 Å². The summed E-state index contributed by atoms with van der Waals surface area (Å²) in [6, 6.07) is 1.44. The minimum atomic E-state index is -1.17. The van der Waals surface area contributed by atoms with Crippen molar-refractivity contribution in [3.8, 4) is 0 Å². The van der Waals surface area contributed by atoms with Gasteiger partial charge in [-0.25, -0.2) is 9.37 Å². The van der Waals surface area contributed by atoms with E-state index in [1.165, 1.54) is 11.3 Å². The van der Waals surface area contributed by atoms with Crippen LogP contribution >= 0.6 is 11.3 Å². The minimum Gasteiger partial charge on any atom is -0.307 e. The van der Waals surface area contributed by atoms with Crippen LogP contribution in [0.2, 0.25) is 0 Å². The van der Waals surface area contributed by atoms with Gasteiger partial charge in [-0.1, -0.05) is 0 Å². The monoisotopic (exact) mass is 299 g/mol. The van der Waals surface area contributed by atoms with E-state index in [1.54, 1.807) is 0 Å². The lowest BCUT2D eigenvalue weighted by molar-refractivity contribution is -0.387. The number of nitro benzene ring substituents is 1. The molecule has 1 heterocycles. The van der Waals surface area contributed by atoms with Crippen molar-refractivity contribution in [1.29, 1.82) is 0 Å². The third-order valence-corrected chi connectivity index (χ3v) is 3.42. The molecule has 5 nitrogen and oxygen atoms in total.